The molecule has 0 fully saturated rings. The van der Waals surface area contributed by atoms with E-state index in [1.165, 1.54) is 0 Å². The molecule has 0 bridgehead atoms. The van der Waals surface area contributed by atoms with Gasteiger partial charge in [0, 0.05) is 0 Å². The van der Waals surface area contributed by atoms with Crippen molar-refractivity contribution in [2.24, 2.45) is 0 Å². The lowest BCUT2D eigenvalue weighted by atomic mass is 10.6. The normalized spacial score (nSPS) is 9.00. The van der Waals surface area contributed by atoms with Crippen molar-refractivity contribution in [3.8, 4) is 0 Å². The summed E-state index contributed by atoms with van der Waals surface area (Å²) in [5, 5.41) is 0. The van der Waals surface area contributed by atoms with Gasteiger partial charge in [0.05, 0.1) is 0 Å². The Labute approximate surface area is 35.6 Å². The summed E-state index contributed by atoms with van der Waals surface area (Å²) >= 11 is 0. The van der Waals surface area contributed by atoms with Gasteiger partial charge in [-0.1, -0.05) is 17.8 Å². The summed E-state index contributed by atoms with van der Waals surface area (Å²) in [6.45, 7) is 1.99. The Kier molecular flexibility index (Phi) is 3.69. The molecule has 0 unspecified atom stereocenters. The molecule has 0 N–H and O–H groups in total. The van der Waals surface area contributed by atoms with Gasteiger partial charge >= 0.3 is 0 Å². The monoisotopic (exact) mass is 83.0 g/mol. The van der Waals surface area contributed by atoms with E-state index in [0.29, 0.717) is 0 Å². The van der Waals surface area contributed by atoms with Gasteiger partial charge in [0.15, 0.2) is 0 Å². The van der Waals surface area contributed by atoms with E-state index in [0.717, 1.165) is 0 Å². The van der Waals surface area contributed by atoms with Crippen molar-refractivity contribution < 1.29 is 0 Å². The maximum Gasteiger partial charge on any atom is -0.0000855 e. The van der Waals surface area contributed by atoms with Gasteiger partial charge in [0.2, 0.25) is 0 Å². The Balaban J connectivity index is 2.92. The lowest BCUT2D eigenvalue weighted by Gasteiger charge is -1.56. The highest BCUT2D eigenvalue weighted by molar-refractivity contribution is 6.30. The fourth-order valence-electron chi connectivity index (χ4n) is 0.111. The maximum atomic E-state index is 2.49. The Morgan fingerprint density at radius 3 is 2.20 bits per heavy atom. The first-order valence-corrected chi connectivity index (χ1v) is 2.24. The molecule has 0 aromatic rings. The van der Waals surface area contributed by atoms with Crippen LogP contribution in [0, 0.1) is 0 Å². The Hall–Kier alpha value is -0.173. The van der Waals surface area contributed by atoms with E-state index >= 15 is 0 Å². The highest BCUT2D eigenvalue weighted by Crippen LogP contribution is 1.54. The van der Waals surface area contributed by atoms with Gasteiger partial charge in [-0.25, -0.2) is 0 Å². The van der Waals surface area contributed by atoms with Crippen LogP contribution in [0.15, 0.2) is 12.2 Å². The van der Waals surface area contributed by atoms with Crippen LogP contribution >= 0.6 is 0 Å². The maximum absolute atomic E-state index is 2.49. The first-order chi connectivity index (χ1) is 2.41. The first kappa shape index (κ1) is 4.83. The molecule has 0 aromatic carbocycles. The predicted molar refractivity (Wildman–Crippen MR) is 28.0 cm³/mol. The second-order valence-corrected chi connectivity index (χ2v) is 1.10. The molecule has 0 aliphatic heterocycles. The lowest BCUT2D eigenvalue weighted by Crippen LogP contribution is -1.53. The first-order valence-electron chi connectivity index (χ1n) is 1.58. The molecule has 0 aliphatic rings. The van der Waals surface area contributed by atoms with E-state index in [1.54, 1.807) is 0 Å². The van der Waals surface area contributed by atoms with Crippen LogP contribution in [0.25, 0.3) is 0 Å². The van der Waals surface area contributed by atoms with Crippen molar-refractivity contribution >= 4 is 15.5 Å². The van der Waals surface area contributed by atoms with Gasteiger partial charge < -0.3 is 0 Å². The third kappa shape index (κ3) is 3.83. The number of hydrogen-bond acceptors (Lipinski definition) is 0. The van der Waals surface area contributed by atoms with Crippen LogP contribution in [0.5, 0.6) is 0 Å². The minimum absolute atomic E-state index is 1.92. The van der Waals surface area contributed by atoms with Crippen LogP contribution in [-0.4, -0.2) is 15.5 Å². The fourth-order valence-corrected chi connectivity index (χ4v) is 0.333. The van der Waals surface area contributed by atoms with E-state index in [2.05, 4.69) is 9.85 Å². The Morgan fingerprint density at radius 2 is 2.20 bits per heavy atom. The van der Waals surface area contributed by atoms with E-state index in [-0.39, 0.29) is 0 Å². The van der Waals surface area contributed by atoms with Gasteiger partial charge in [-0.3, -0.25) is 0 Å². The molecular weight excluding hydrogens is 76.1 g/mol. The standard InChI is InChI=1S/C4H7Si/c1-2-3-4-5/h2-5H,1H3. The van der Waals surface area contributed by atoms with Crippen molar-refractivity contribution in [3.63, 3.8) is 0 Å². The smallest absolute Gasteiger partial charge is 0.0000855 e. The second kappa shape index (κ2) is 3.83. The van der Waals surface area contributed by atoms with Crippen molar-refractivity contribution in [1.82, 2.24) is 0 Å². The molecule has 0 aliphatic carbocycles. The third-order valence-electron chi connectivity index (χ3n) is 0.304. The molecule has 0 aromatic heterocycles. The fraction of sp³-hybridized carbons (Fsp3) is 0.250. The van der Waals surface area contributed by atoms with E-state index in [4.69, 9.17) is 0 Å². The molecule has 0 rings (SSSR count). The molecule has 0 saturated carbocycles. The van der Waals surface area contributed by atoms with Gasteiger partial charge in [-0.15, -0.1) is 0 Å². The second-order valence-electron chi connectivity index (χ2n) is 0.718. The van der Waals surface area contributed by atoms with E-state index in [1.807, 2.05) is 24.7 Å². The van der Waals surface area contributed by atoms with Crippen LogP contribution in [0.1, 0.15) is 6.92 Å². The van der Waals surface area contributed by atoms with Crippen molar-refractivity contribution in [1.29, 1.82) is 0 Å². The molecule has 5 heavy (non-hydrogen) atoms. The largest absolute Gasteiger partial charge is 0.0881 e. The average Bonchev–Trinajstić information content (AvgIpc) is 1.41. The zero-order valence-corrected chi connectivity index (χ0v) is 4.46. The lowest BCUT2D eigenvalue weighted by molar-refractivity contribution is 1.78. The Morgan fingerprint density at radius 1 is 1.60 bits per heavy atom. The summed E-state index contributed by atoms with van der Waals surface area (Å²) in [4.78, 5) is 0. The quantitative estimate of drug-likeness (QED) is 0.399. The van der Waals surface area contributed by atoms with Gasteiger partial charge in [-0.05, 0) is 16.8 Å². The van der Waals surface area contributed by atoms with Crippen LogP contribution in [-0.2, 0) is 0 Å². The summed E-state index contributed by atoms with van der Waals surface area (Å²) < 4.78 is 0. The predicted octanol–water partition coefficient (Wildman–Crippen LogP) is 0.266. The minimum atomic E-state index is 1.92. The molecule has 0 spiro atoms. The zero-order valence-electron chi connectivity index (χ0n) is 3.31. The average molecular weight is 83.2 g/mol. The zero-order chi connectivity index (χ0) is 4.12. The number of allylic oxidation sites excluding steroid dienone is 2. The number of hydrogen-bond donors (Lipinski definition) is 0. The van der Waals surface area contributed by atoms with Crippen molar-refractivity contribution in [2.75, 3.05) is 0 Å². The van der Waals surface area contributed by atoms with E-state index in [9.17, 15) is 0 Å². The summed E-state index contributed by atoms with van der Waals surface area (Å²) in [6, 6.07) is 0. The topological polar surface area (TPSA) is 0 Å². The van der Waals surface area contributed by atoms with Gasteiger partial charge in [0.25, 0.3) is 0 Å². The third-order valence-corrected chi connectivity index (χ3v) is 0.526. The molecule has 0 heterocycles. The van der Waals surface area contributed by atoms with Crippen LogP contribution in [0.4, 0.5) is 0 Å². The summed E-state index contributed by atoms with van der Waals surface area (Å²) in [6.07, 6.45) is 3.94. The highest BCUT2D eigenvalue weighted by Gasteiger charge is 1.42. The molecule has 0 nitrogen and oxygen atoms in total. The van der Waals surface area contributed by atoms with E-state index < -0.39 is 0 Å². The summed E-state index contributed by atoms with van der Waals surface area (Å²) in [5.41, 5.74) is 1.92. The van der Waals surface area contributed by atoms with Crippen molar-refractivity contribution in [3.05, 3.63) is 12.2 Å². The van der Waals surface area contributed by atoms with Crippen molar-refractivity contribution in [2.45, 2.75) is 6.92 Å². The van der Waals surface area contributed by atoms with Crippen LogP contribution in [0.2, 0.25) is 0 Å². The number of rotatable bonds is 1. The molecule has 0 saturated heterocycles. The summed E-state index contributed by atoms with van der Waals surface area (Å²) in [5.74, 6) is 0. The molecule has 0 amide bonds. The molecule has 1 radical (unpaired) electrons. The minimum Gasteiger partial charge on any atom is -0.0881 e. The van der Waals surface area contributed by atoms with Crippen LogP contribution in [0.3, 0.4) is 0 Å². The molecular formula is C4H7Si. The SMILES string of the molecule is CC=CC=[SiH]. The highest BCUT2D eigenvalue weighted by atomic mass is 28.1. The Bertz CT molecular complexity index is 45.6. The van der Waals surface area contributed by atoms with Gasteiger partial charge in [-0.2, -0.15) is 0 Å². The van der Waals surface area contributed by atoms with Gasteiger partial charge in [0.1, 0.15) is 0 Å². The molecule has 0 atom stereocenters. The summed E-state index contributed by atoms with van der Waals surface area (Å²) in [7, 11) is 2.49. The van der Waals surface area contributed by atoms with Crippen LogP contribution < -0.4 is 0 Å². The molecule has 1 heteroatoms. The molecule has 27 valence electrons.